The van der Waals surface area contributed by atoms with Gasteiger partial charge in [0.1, 0.15) is 0 Å². The third kappa shape index (κ3) is 26.1. The van der Waals surface area contributed by atoms with Crippen molar-refractivity contribution in [1.82, 2.24) is 0 Å². The van der Waals surface area contributed by atoms with Crippen molar-refractivity contribution in [3.8, 4) is 0 Å². The zero-order valence-corrected chi connectivity index (χ0v) is 18.7. The standard InChI is InChI=1S/C18H36O2.Ca.H3P.2H/c1-2-3-4-5-6-7-8-9-10-11-12-13-14-15-16-17-18(19)20;;;;/h2-17H2,1H3,(H,19,20);;1H3;;/q;+2;;2*-1. The first kappa shape index (κ1) is 28.0. The molecule has 1 atom stereocenters. The topological polar surface area (TPSA) is 37.3 Å². The molecular weight excluding hydrogens is 319 g/mol. The van der Waals surface area contributed by atoms with E-state index < -0.39 is 5.97 Å². The van der Waals surface area contributed by atoms with Gasteiger partial charge in [0.2, 0.25) is 0 Å². The molecule has 0 spiro atoms. The van der Waals surface area contributed by atoms with E-state index in [1.165, 1.54) is 83.5 Å². The van der Waals surface area contributed by atoms with Gasteiger partial charge in [0.15, 0.2) is 0 Å². The molecule has 0 saturated carbocycles. The summed E-state index contributed by atoms with van der Waals surface area (Å²) in [6.45, 7) is 2.27. The van der Waals surface area contributed by atoms with Crippen LogP contribution in [0.4, 0.5) is 0 Å². The number of rotatable bonds is 16. The van der Waals surface area contributed by atoms with Gasteiger partial charge in [-0.2, -0.15) is 9.90 Å². The Morgan fingerprint density at radius 3 is 1.23 bits per heavy atom. The van der Waals surface area contributed by atoms with E-state index in [-0.39, 0.29) is 50.5 Å². The Morgan fingerprint density at radius 1 is 0.682 bits per heavy atom. The number of aliphatic carboxylic acids is 1. The summed E-state index contributed by atoms with van der Waals surface area (Å²) < 4.78 is 0. The minimum Gasteiger partial charge on any atom is -1.00 e. The van der Waals surface area contributed by atoms with Crippen LogP contribution in [0.1, 0.15) is 113 Å². The van der Waals surface area contributed by atoms with Gasteiger partial charge >= 0.3 is 43.7 Å². The van der Waals surface area contributed by atoms with E-state index in [1.54, 1.807) is 0 Å². The predicted molar refractivity (Wildman–Crippen MR) is 106 cm³/mol. The number of unbranched alkanes of at least 4 members (excludes halogenated alkanes) is 14. The largest absolute Gasteiger partial charge is 2.00 e. The first-order chi connectivity index (χ1) is 9.77. The Kier molecular flexibility index (Phi) is 31.1. The third-order valence-electron chi connectivity index (χ3n) is 3.99. The van der Waals surface area contributed by atoms with E-state index in [1.807, 2.05) is 0 Å². The molecule has 0 rings (SSSR count). The Morgan fingerprint density at radius 2 is 0.955 bits per heavy atom. The van der Waals surface area contributed by atoms with Gasteiger partial charge in [0, 0.05) is 6.42 Å². The fourth-order valence-electron chi connectivity index (χ4n) is 2.65. The van der Waals surface area contributed by atoms with E-state index >= 15 is 0 Å². The van der Waals surface area contributed by atoms with Gasteiger partial charge in [0.05, 0.1) is 0 Å². The van der Waals surface area contributed by atoms with Gasteiger partial charge in [0.25, 0.3) is 0 Å². The first-order valence-corrected chi connectivity index (χ1v) is 8.99. The van der Waals surface area contributed by atoms with Crippen molar-refractivity contribution in [1.29, 1.82) is 0 Å². The second kappa shape index (κ2) is 24.4. The molecule has 0 radical (unpaired) electrons. The van der Waals surface area contributed by atoms with Gasteiger partial charge in [-0.15, -0.1) is 0 Å². The molecule has 0 aromatic heterocycles. The molecule has 0 aromatic rings. The Balaban J connectivity index is -0.000000301. The minimum atomic E-state index is -0.653. The molecule has 0 aliphatic rings. The molecule has 0 saturated heterocycles. The van der Waals surface area contributed by atoms with Gasteiger partial charge < -0.3 is 7.96 Å². The fourth-order valence-corrected chi connectivity index (χ4v) is 2.65. The van der Waals surface area contributed by atoms with Crippen LogP contribution in [0.2, 0.25) is 0 Å². The summed E-state index contributed by atoms with van der Waals surface area (Å²) in [5.74, 6) is -0.653. The zero-order chi connectivity index (χ0) is 14.9. The van der Waals surface area contributed by atoms with Crippen molar-refractivity contribution in [2.75, 3.05) is 0 Å². The van der Waals surface area contributed by atoms with Crippen LogP contribution in [0.25, 0.3) is 0 Å². The van der Waals surface area contributed by atoms with E-state index in [4.69, 9.17) is 5.11 Å². The van der Waals surface area contributed by atoms with Gasteiger partial charge in [-0.3, -0.25) is 4.79 Å². The summed E-state index contributed by atoms with van der Waals surface area (Å²) in [6.07, 6.45) is 20.2. The van der Waals surface area contributed by atoms with E-state index in [9.17, 15) is 4.79 Å². The van der Waals surface area contributed by atoms with Gasteiger partial charge in [-0.1, -0.05) is 96.8 Å². The van der Waals surface area contributed by atoms with E-state index in [0.717, 1.165) is 12.8 Å². The molecule has 4 heteroatoms. The quantitative estimate of drug-likeness (QED) is 0.201. The van der Waals surface area contributed by atoms with Crippen LogP contribution in [0.15, 0.2) is 0 Å². The molecule has 22 heavy (non-hydrogen) atoms. The van der Waals surface area contributed by atoms with Crippen molar-refractivity contribution in [2.45, 2.75) is 110 Å². The van der Waals surface area contributed by atoms with Crippen molar-refractivity contribution < 1.29 is 12.8 Å². The molecule has 132 valence electrons. The number of carboxylic acids is 1. The normalized spacial score (nSPS) is 9.86. The van der Waals surface area contributed by atoms with Crippen LogP contribution in [0.5, 0.6) is 0 Å². The molecule has 0 amide bonds. The summed E-state index contributed by atoms with van der Waals surface area (Å²) in [7, 11) is 0. The van der Waals surface area contributed by atoms with E-state index in [0.29, 0.717) is 6.42 Å². The Bertz CT molecular complexity index is 223. The van der Waals surface area contributed by atoms with Crippen LogP contribution in [0.3, 0.4) is 0 Å². The summed E-state index contributed by atoms with van der Waals surface area (Å²) >= 11 is 0. The van der Waals surface area contributed by atoms with Crippen LogP contribution in [-0.4, -0.2) is 48.8 Å². The molecule has 1 N–H and O–H groups in total. The number of carboxylic acid groups (broad SMARTS) is 1. The predicted octanol–water partition coefficient (Wildman–Crippen LogP) is 6.23. The smallest absolute Gasteiger partial charge is 1.00 e. The third-order valence-corrected chi connectivity index (χ3v) is 3.99. The average Bonchev–Trinajstić information content (AvgIpc) is 2.43. The Labute approximate surface area is 175 Å². The summed E-state index contributed by atoms with van der Waals surface area (Å²) in [5.41, 5.74) is 0. The molecular formula is C18H41CaO2P. The minimum absolute atomic E-state index is 0. The second-order valence-electron chi connectivity index (χ2n) is 6.09. The van der Waals surface area contributed by atoms with Crippen LogP contribution >= 0.6 is 9.90 Å². The number of carbonyl (C=O) groups is 1. The van der Waals surface area contributed by atoms with Crippen molar-refractivity contribution in [2.24, 2.45) is 0 Å². The maximum absolute atomic E-state index is 10.3. The van der Waals surface area contributed by atoms with Gasteiger partial charge in [-0.25, -0.2) is 0 Å². The summed E-state index contributed by atoms with van der Waals surface area (Å²) in [4.78, 5) is 10.3. The SMILES string of the molecule is CCCCCCCCCCCCCCCCCC(=O)O.P.[Ca+2].[H-].[H-]. The molecule has 2 nitrogen and oxygen atoms in total. The molecule has 0 fully saturated rings. The fraction of sp³-hybridized carbons (Fsp3) is 0.944. The van der Waals surface area contributed by atoms with Crippen LogP contribution in [-0.2, 0) is 4.79 Å². The van der Waals surface area contributed by atoms with Crippen molar-refractivity contribution in [3.63, 3.8) is 0 Å². The second-order valence-corrected chi connectivity index (χ2v) is 6.09. The van der Waals surface area contributed by atoms with Crippen molar-refractivity contribution in [3.05, 3.63) is 0 Å². The molecule has 0 aromatic carbocycles. The number of hydrogen-bond donors (Lipinski definition) is 1. The number of hydrogen-bond acceptors (Lipinski definition) is 1. The molecule has 0 heterocycles. The van der Waals surface area contributed by atoms with Crippen molar-refractivity contribution >= 4 is 53.6 Å². The van der Waals surface area contributed by atoms with Gasteiger partial charge in [-0.05, 0) is 6.42 Å². The maximum Gasteiger partial charge on any atom is 2.00 e. The average molecular weight is 361 g/mol. The molecule has 0 bridgehead atoms. The molecule has 0 aliphatic carbocycles. The molecule has 1 unspecified atom stereocenters. The first-order valence-electron chi connectivity index (χ1n) is 8.99. The summed E-state index contributed by atoms with van der Waals surface area (Å²) in [6, 6.07) is 0. The summed E-state index contributed by atoms with van der Waals surface area (Å²) in [5, 5.41) is 8.52. The Hall–Kier alpha value is 1.16. The zero-order valence-electron chi connectivity index (χ0n) is 17.1. The molecule has 0 aliphatic heterocycles. The maximum atomic E-state index is 10.3. The van der Waals surface area contributed by atoms with Crippen LogP contribution < -0.4 is 0 Å². The van der Waals surface area contributed by atoms with E-state index in [2.05, 4.69) is 6.92 Å². The van der Waals surface area contributed by atoms with Crippen LogP contribution in [0, 0.1) is 0 Å². The monoisotopic (exact) mass is 360 g/mol.